The second-order valence-electron chi connectivity index (χ2n) is 5.34. The van der Waals surface area contributed by atoms with Crippen molar-refractivity contribution in [1.29, 1.82) is 0 Å². The summed E-state index contributed by atoms with van der Waals surface area (Å²) in [5, 5.41) is 0.507. The lowest BCUT2D eigenvalue weighted by Crippen LogP contribution is -2.31. The number of aromatic nitrogens is 2. The number of nitrogens with zero attached hydrogens (tertiary/aromatic N) is 2. The van der Waals surface area contributed by atoms with Gasteiger partial charge in [0.2, 0.25) is 0 Å². The minimum absolute atomic E-state index is 0.0318. The number of hydrogen-bond donors (Lipinski definition) is 1. The predicted octanol–water partition coefficient (Wildman–Crippen LogP) is 3.31. The Kier molecular flexibility index (Phi) is 5.41. The molecule has 7 nitrogen and oxygen atoms in total. The van der Waals surface area contributed by atoms with Crippen LogP contribution in [0.1, 0.15) is 10.5 Å². The molecule has 0 aliphatic heterocycles. The van der Waals surface area contributed by atoms with E-state index in [0.29, 0.717) is 16.5 Å². The van der Waals surface area contributed by atoms with Crippen LogP contribution in [0.4, 0.5) is 0 Å². The first-order valence-corrected chi connectivity index (χ1v) is 9.76. The molecule has 140 valence electrons. The fourth-order valence-corrected chi connectivity index (χ4v) is 3.65. The number of ether oxygens (including phenoxy) is 1. The largest absolute Gasteiger partial charge is 0.497 e. The molecule has 0 atom stereocenters. The van der Waals surface area contributed by atoms with Crippen molar-refractivity contribution in [2.75, 3.05) is 7.11 Å². The van der Waals surface area contributed by atoms with E-state index in [4.69, 9.17) is 27.9 Å². The van der Waals surface area contributed by atoms with Gasteiger partial charge in [0.15, 0.2) is 5.69 Å². The van der Waals surface area contributed by atoms with E-state index in [-0.39, 0.29) is 15.7 Å². The molecule has 0 saturated carbocycles. The second-order valence-corrected chi connectivity index (χ2v) is 7.82. The van der Waals surface area contributed by atoms with Crippen molar-refractivity contribution in [3.05, 3.63) is 70.7 Å². The zero-order valence-corrected chi connectivity index (χ0v) is 16.2. The van der Waals surface area contributed by atoms with Crippen LogP contribution in [0.3, 0.4) is 0 Å². The van der Waals surface area contributed by atoms with Crippen molar-refractivity contribution in [2.24, 2.45) is 0 Å². The van der Waals surface area contributed by atoms with Gasteiger partial charge in [-0.2, -0.15) is 0 Å². The van der Waals surface area contributed by atoms with E-state index < -0.39 is 15.9 Å². The average Bonchev–Trinajstić information content (AvgIpc) is 3.03. The molecule has 2 aromatic carbocycles. The number of rotatable bonds is 5. The number of hydrogen-bond acceptors (Lipinski definition) is 5. The molecule has 27 heavy (non-hydrogen) atoms. The summed E-state index contributed by atoms with van der Waals surface area (Å²) in [5.74, 6) is -0.606. The maximum absolute atomic E-state index is 12.4. The maximum atomic E-state index is 12.4. The molecular formula is C17H13Cl2N3O4S. The third kappa shape index (κ3) is 4.08. The molecule has 0 spiro atoms. The van der Waals surface area contributed by atoms with Crippen molar-refractivity contribution in [1.82, 2.24) is 14.3 Å². The van der Waals surface area contributed by atoms with Gasteiger partial charge in [-0.25, -0.2) is 18.1 Å². The monoisotopic (exact) mass is 425 g/mol. The molecule has 3 aromatic rings. The minimum atomic E-state index is -4.12. The molecule has 0 aliphatic rings. The Labute approximate surface area is 165 Å². The first-order chi connectivity index (χ1) is 12.8. The zero-order chi connectivity index (χ0) is 19.6. The highest BCUT2D eigenvalue weighted by molar-refractivity contribution is 7.90. The standard InChI is InChI=1S/C17H13Cl2N3O4S/c1-26-13-3-2-4-14(9-13)27(24,25)21-17(23)15-16(19)22(10-20-15)12-7-5-11(18)6-8-12/h2-10H,1H3,(H,21,23). The maximum Gasteiger partial charge on any atom is 0.286 e. The molecule has 0 saturated heterocycles. The van der Waals surface area contributed by atoms with Crippen LogP contribution in [0, 0.1) is 0 Å². The van der Waals surface area contributed by atoms with Gasteiger partial charge < -0.3 is 4.74 Å². The lowest BCUT2D eigenvalue weighted by Gasteiger charge is -2.08. The number of benzene rings is 2. The molecule has 0 aliphatic carbocycles. The molecule has 0 fully saturated rings. The van der Waals surface area contributed by atoms with Crippen molar-refractivity contribution in [3.8, 4) is 11.4 Å². The Hall–Kier alpha value is -2.55. The van der Waals surface area contributed by atoms with Crippen LogP contribution in [0.5, 0.6) is 5.75 Å². The number of nitrogens with one attached hydrogen (secondary N) is 1. The van der Waals surface area contributed by atoms with Crippen molar-refractivity contribution < 1.29 is 17.9 Å². The highest BCUT2D eigenvalue weighted by Crippen LogP contribution is 2.22. The Morgan fingerprint density at radius 2 is 1.85 bits per heavy atom. The van der Waals surface area contributed by atoms with Crippen LogP contribution in [-0.2, 0) is 10.0 Å². The van der Waals surface area contributed by atoms with Crippen LogP contribution in [0.15, 0.2) is 59.8 Å². The fraction of sp³-hybridized carbons (Fsp3) is 0.0588. The van der Waals surface area contributed by atoms with Gasteiger partial charge in [-0.3, -0.25) is 9.36 Å². The zero-order valence-electron chi connectivity index (χ0n) is 13.9. The van der Waals surface area contributed by atoms with Crippen LogP contribution in [0.25, 0.3) is 5.69 Å². The molecule has 0 radical (unpaired) electrons. The number of imidazole rings is 1. The molecular weight excluding hydrogens is 413 g/mol. The fourth-order valence-electron chi connectivity index (χ4n) is 2.27. The Morgan fingerprint density at radius 1 is 1.15 bits per heavy atom. The van der Waals surface area contributed by atoms with Crippen molar-refractivity contribution in [2.45, 2.75) is 4.90 Å². The van der Waals surface area contributed by atoms with Crippen LogP contribution in [-0.4, -0.2) is 31.0 Å². The van der Waals surface area contributed by atoms with Gasteiger partial charge in [-0.15, -0.1) is 0 Å². The molecule has 1 aromatic heterocycles. The predicted molar refractivity (Wildman–Crippen MR) is 101 cm³/mol. The molecule has 0 unspecified atom stereocenters. The van der Waals surface area contributed by atoms with Gasteiger partial charge in [0.05, 0.1) is 12.0 Å². The number of carbonyl (C=O) groups is 1. The average molecular weight is 426 g/mol. The van der Waals surface area contributed by atoms with E-state index in [0.717, 1.165) is 0 Å². The summed E-state index contributed by atoms with van der Waals surface area (Å²) in [6.45, 7) is 0. The first-order valence-electron chi connectivity index (χ1n) is 7.52. The Balaban J connectivity index is 1.87. The van der Waals surface area contributed by atoms with Crippen molar-refractivity contribution in [3.63, 3.8) is 0 Å². The van der Waals surface area contributed by atoms with Crippen LogP contribution >= 0.6 is 23.2 Å². The topological polar surface area (TPSA) is 90.3 Å². The summed E-state index contributed by atoms with van der Waals surface area (Å²) >= 11 is 12.1. The highest BCUT2D eigenvalue weighted by atomic mass is 35.5. The van der Waals surface area contributed by atoms with E-state index in [1.807, 2.05) is 4.72 Å². The number of carbonyl (C=O) groups excluding carboxylic acids is 1. The van der Waals surface area contributed by atoms with E-state index in [1.165, 1.54) is 36.2 Å². The number of sulfonamides is 1. The summed E-state index contributed by atoms with van der Waals surface area (Å²) in [6, 6.07) is 12.4. The van der Waals surface area contributed by atoms with Gasteiger partial charge in [-0.05, 0) is 36.4 Å². The first kappa shape index (κ1) is 19.2. The molecule has 1 N–H and O–H groups in total. The third-order valence-corrected chi connectivity index (χ3v) is 5.55. The van der Waals surface area contributed by atoms with E-state index in [1.54, 1.807) is 30.3 Å². The van der Waals surface area contributed by atoms with Gasteiger partial charge in [-0.1, -0.05) is 29.3 Å². The summed E-state index contributed by atoms with van der Waals surface area (Å²) in [5.41, 5.74) is 0.393. The van der Waals surface area contributed by atoms with Crippen LogP contribution in [0.2, 0.25) is 10.2 Å². The highest BCUT2D eigenvalue weighted by Gasteiger charge is 2.24. The van der Waals surface area contributed by atoms with Gasteiger partial charge in [0.1, 0.15) is 17.2 Å². The SMILES string of the molecule is COc1cccc(S(=O)(=O)NC(=O)c2ncn(-c3ccc(Cl)cc3)c2Cl)c1. The minimum Gasteiger partial charge on any atom is -0.497 e. The Bertz CT molecular complexity index is 1100. The third-order valence-electron chi connectivity index (χ3n) is 3.61. The molecule has 3 rings (SSSR count). The summed E-state index contributed by atoms with van der Waals surface area (Å²) in [6.07, 6.45) is 1.32. The number of methoxy groups -OCH3 is 1. The second kappa shape index (κ2) is 7.59. The Morgan fingerprint density at radius 3 is 2.52 bits per heavy atom. The smallest absolute Gasteiger partial charge is 0.286 e. The molecule has 1 heterocycles. The van der Waals surface area contributed by atoms with Crippen LogP contribution < -0.4 is 9.46 Å². The lowest BCUT2D eigenvalue weighted by atomic mass is 10.3. The van der Waals surface area contributed by atoms with E-state index in [2.05, 4.69) is 4.98 Å². The number of amides is 1. The van der Waals surface area contributed by atoms with Crippen molar-refractivity contribution >= 4 is 39.1 Å². The normalized spacial score (nSPS) is 11.2. The van der Waals surface area contributed by atoms with E-state index in [9.17, 15) is 13.2 Å². The molecule has 1 amide bonds. The lowest BCUT2D eigenvalue weighted by molar-refractivity contribution is 0.0977. The summed E-state index contributed by atoms with van der Waals surface area (Å²) < 4.78 is 33.2. The number of halogens is 2. The van der Waals surface area contributed by atoms with Gasteiger partial charge in [0, 0.05) is 16.8 Å². The molecule has 10 heteroatoms. The molecule has 0 bridgehead atoms. The summed E-state index contributed by atoms with van der Waals surface area (Å²) in [7, 11) is -2.71. The summed E-state index contributed by atoms with van der Waals surface area (Å²) in [4.78, 5) is 16.2. The van der Waals surface area contributed by atoms with E-state index >= 15 is 0 Å². The van der Waals surface area contributed by atoms with Gasteiger partial charge >= 0.3 is 0 Å². The quantitative estimate of drug-likeness (QED) is 0.676. The van der Waals surface area contributed by atoms with Gasteiger partial charge in [0.25, 0.3) is 15.9 Å².